The Bertz CT molecular complexity index is 359. The molecular weight excluding hydrogens is 286 g/mol. The van der Waals surface area contributed by atoms with Gasteiger partial charge in [-0.05, 0) is 19.3 Å². The molecule has 0 radical (unpaired) electrons. The lowest BCUT2D eigenvalue weighted by Crippen LogP contribution is -2.51. The molecular formula is C15H27N3O2S. The number of carbonyl (C=O) groups excluding carboxylic acids is 2. The first-order valence-electron chi connectivity index (χ1n) is 8.07. The normalized spacial score (nSPS) is 26.4. The van der Waals surface area contributed by atoms with Crippen molar-refractivity contribution in [2.24, 2.45) is 0 Å². The minimum atomic E-state index is 0.113. The predicted octanol–water partition coefficient (Wildman–Crippen LogP) is 0.989. The lowest BCUT2D eigenvalue weighted by molar-refractivity contribution is -0.134. The van der Waals surface area contributed by atoms with Gasteiger partial charge >= 0.3 is 0 Å². The van der Waals surface area contributed by atoms with Crippen molar-refractivity contribution in [2.45, 2.75) is 51.1 Å². The van der Waals surface area contributed by atoms with Gasteiger partial charge in [-0.25, -0.2) is 0 Å². The molecule has 2 unspecified atom stereocenters. The van der Waals surface area contributed by atoms with Crippen molar-refractivity contribution in [3.63, 3.8) is 0 Å². The standard InChI is InChI=1S/C15H27N3O2S/c1-2-4-14(19)17-12-5-3-7-18(10-12)15(20)9-13-11-21-8-6-16-13/h12-13,16H,2-11H2,1H3,(H,17,19). The maximum atomic E-state index is 12.4. The Morgan fingerprint density at radius 2 is 2.29 bits per heavy atom. The summed E-state index contributed by atoms with van der Waals surface area (Å²) < 4.78 is 0. The first-order valence-corrected chi connectivity index (χ1v) is 9.22. The fourth-order valence-electron chi connectivity index (χ4n) is 2.94. The number of nitrogens with one attached hydrogen (secondary N) is 2. The highest BCUT2D eigenvalue weighted by Gasteiger charge is 2.26. The lowest BCUT2D eigenvalue weighted by Gasteiger charge is -2.34. The minimum absolute atomic E-state index is 0.113. The second-order valence-corrected chi connectivity index (χ2v) is 7.08. The molecule has 2 aliphatic rings. The van der Waals surface area contributed by atoms with Crippen LogP contribution in [0.25, 0.3) is 0 Å². The van der Waals surface area contributed by atoms with Gasteiger partial charge in [-0.15, -0.1) is 0 Å². The Morgan fingerprint density at radius 1 is 1.43 bits per heavy atom. The first-order chi connectivity index (χ1) is 10.2. The quantitative estimate of drug-likeness (QED) is 0.794. The van der Waals surface area contributed by atoms with Crippen LogP contribution in [0, 0.1) is 0 Å². The molecule has 0 aromatic heterocycles. The average molecular weight is 313 g/mol. The third-order valence-electron chi connectivity index (χ3n) is 4.04. The van der Waals surface area contributed by atoms with Crippen LogP contribution in [0.5, 0.6) is 0 Å². The summed E-state index contributed by atoms with van der Waals surface area (Å²) in [5.41, 5.74) is 0. The van der Waals surface area contributed by atoms with Gasteiger partial charge in [-0.1, -0.05) is 6.92 Å². The van der Waals surface area contributed by atoms with E-state index in [1.165, 1.54) is 0 Å². The van der Waals surface area contributed by atoms with Gasteiger partial charge in [0, 0.05) is 56.1 Å². The largest absolute Gasteiger partial charge is 0.352 e. The first kappa shape index (κ1) is 16.6. The molecule has 2 rings (SSSR count). The summed E-state index contributed by atoms with van der Waals surface area (Å²) >= 11 is 1.92. The number of hydrogen-bond acceptors (Lipinski definition) is 4. The maximum absolute atomic E-state index is 12.4. The van der Waals surface area contributed by atoms with Crippen LogP contribution in [0.4, 0.5) is 0 Å². The number of thioether (sulfide) groups is 1. The molecule has 2 fully saturated rings. The molecule has 0 aliphatic carbocycles. The van der Waals surface area contributed by atoms with Gasteiger partial charge in [0.05, 0.1) is 0 Å². The summed E-state index contributed by atoms with van der Waals surface area (Å²) in [5.74, 6) is 2.50. The Balaban J connectivity index is 1.76. The van der Waals surface area contributed by atoms with E-state index in [1.807, 2.05) is 23.6 Å². The van der Waals surface area contributed by atoms with E-state index >= 15 is 0 Å². The summed E-state index contributed by atoms with van der Waals surface area (Å²) in [7, 11) is 0. The molecule has 0 saturated carbocycles. The summed E-state index contributed by atoms with van der Waals surface area (Å²) in [5, 5.41) is 6.47. The summed E-state index contributed by atoms with van der Waals surface area (Å²) in [6, 6.07) is 0.446. The smallest absolute Gasteiger partial charge is 0.224 e. The van der Waals surface area contributed by atoms with E-state index < -0.39 is 0 Å². The molecule has 2 aliphatic heterocycles. The fourth-order valence-corrected chi connectivity index (χ4v) is 3.89. The van der Waals surface area contributed by atoms with E-state index in [2.05, 4.69) is 10.6 Å². The Kier molecular flexibility index (Phi) is 6.83. The minimum Gasteiger partial charge on any atom is -0.352 e. The van der Waals surface area contributed by atoms with Gasteiger partial charge in [0.2, 0.25) is 11.8 Å². The highest BCUT2D eigenvalue weighted by atomic mass is 32.2. The van der Waals surface area contributed by atoms with Gasteiger partial charge in [0.1, 0.15) is 0 Å². The SMILES string of the molecule is CCCC(=O)NC1CCCN(C(=O)CC2CSCCN2)C1. The maximum Gasteiger partial charge on any atom is 0.224 e. The molecule has 5 nitrogen and oxygen atoms in total. The topological polar surface area (TPSA) is 61.4 Å². The molecule has 21 heavy (non-hydrogen) atoms. The van der Waals surface area contributed by atoms with Gasteiger partial charge in [0.15, 0.2) is 0 Å². The molecule has 2 atom stereocenters. The molecule has 0 aromatic carbocycles. The van der Waals surface area contributed by atoms with Gasteiger partial charge in [-0.3, -0.25) is 9.59 Å². The van der Waals surface area contributed by atoms with E-state index in [1.54, 1.807) is 0 Å². The molecule has 2 amide bonds. The second-order valence-electron chi connectivity index (χ2n) is 5.93. The molecule has 2 N–H and O–H groups in total. The van der Waals surface area contributed by atoms with Crippen molar-refractivity contribution in [3.8, 4) is 0 Å². The molecule has 0 bridgehead atoms. The number of carbonyl (C=O) groups is 2. The van der Waals surface area contributed by atoms with E-state index in [4.69, 9.17) is 0 Å². The van der Waals surface area contributed by atoms with Gasteiger partial charge in [0.25, 0.3) is 0 Å². The van der Waals surface area contributed by atoms with E-state index in [-0.39, 0.29) is 17.9 Å². The molecule has 0 aromatic rings. The van der Waals surface area contributed by atoms with Crippen LogP contribution in [-0.4, -0.2) is 59.9 Å². The van der Waals surface area contributed by atoms with Crippen LogP contribution < -0.4 is 10.6 Å². The fraction of sp³-hybridized carbons (Fsp3) is 0.867. The molecule has 120 valence electrons. The third-order valence-corrected chi connectivity index (χ3v) is 5.17. The zero-order valence-corrected chi connectivity index (χ0v) is 13.7. The van der Waals surface area contributed by atoms with Crippen LogP contribution in [0.15, 0.2) is 0 Å². The average Bonchev–Trinajstić information content (AvgIpc) is 2.48. The van der Waals surface area contributed by atoms with Crippen molar-refractivity contribution in [1.29, 1.82) is 0 Å². The van der Waals surface area contributed by atoms with E-state index in [9.17, 15) is 9.59 Å². The predicted molar refractivity (Wildman–Crippen MR) is 86.4 cm³/mol. The summed E-state index contributed by atoms with van der Waals surface area (Å²) in [4.78, 5) is 26.0. The number of hydrogen-bond donors (Lipinski definition) is 2. The number of nitrogens with zero attached hydrogens (tertiary/aromatic N) is 1. The monoisotopic (exact) mass is 313 g/mol. The second kappa shape index (κ2) is 8.63. The van der Waals surface area contributed by atoms with Crippen LogP contribution in [0.3, 0.4) is 0 Å². The highest BCUT2D eigenvalue weighted by Crippen LogP contribution is 2.15. The molecule has 0 spiro atoms. The van der Waals surface area contributed by atoms with Crippen LogP contribution >= 0.6 is 11.8 Å². The number of amides is 2. The molecule has 6 heteroatoms. The zero-order chi connectivity index (χ0) is 15.1. The molecule has 2 heterocycles. The summed E-state index contributed by atoms with van der Waals surface area (Å²) in [6.07, 6.45) is 3.99. The van der Waals surface area contributed by atoms with Crippen LogP contribution in [0.1, 0.15) is 39.0 Å². The van der Waals surface area contributed by atoms with Crippen molar-refractivity contribution in [2.75, 3.05) is 31.1 Å². The molecule has 2 saturated heterocycles. The Labute approximate surface area is 131 Å². The van der Waals surface area contributed by atoms with E-state index in [0.717, 1.165) is 43.9 Å². The van der Waals surface area contributed by atoms with Gasteiger partial charge in [-0.2, -0.15) is 11.8 Å². The van der Waals surface area contributed by atoms with Crippen molar-refractivity contribution in [3.05, 3.63) is 0 Å². The number of rotatable bonds is 5. The summed E-state index contributed by atoms with van der Waals surface area (Å²) in [6.45, 7) is 4.51. The lowest BCUT2D eigenvalue weighted by atomic mass is 10.0. The van der Waals surface area contributed by atoms with Crippen molar-refractivity contribution >= 4 is 23.6 Å². The van der Waals surface area contributed by atoms with Crippen molar-refractivity contribution in [1.82, 2.24) is 15.5 Å². The van der Waals surface area contributed by atoms with E-state index in [0.29, 0.717) is 25.4 Å². The van der Waals surface area contributed by atoms with Crippen LogP contribution in [0.2, 0.25) is 0 Å². The van der Waals surface area contributed by atoms with Crippen LogP contribution in [-0.2, 0) is 9.59 Å². The number of piperidine rings is 1. The third kappa shape index (κ3) is 5.51. The zero-order valence-electron chi connectivity index (χ0n) is 12.9. The van der Waals surface area contributed by atoms with Gasteiger partial charge < -0.3 is 15.5 Å². The van der Waals surface area contributed by atoms with Crippen molar-refractivity contribution < 1.29 is 9.59 Å². The Morgan fingerprint density at radius 3 is 3.00 bits per heavy atom. The Hall–Kier alpha value is -0.750. The highest BCUT2D eigenvalue weighted by molar-refractivity contribution is 7.99. The number of likely N-dealkylation sites (tertiary alicyclic amines) is 1.